The minimum atomic E-state index is -0.659. The van der Waals surface area contributed by atoms with Crippen molar-refractivity contribution in [3.63, 3.8) is 0 Å². The summed E-state index contributed by atoms with van der Waals surface area (Å²) in [6.07, 6.45) is 1.12. The molecule has 106 valence electrons. The van der Waals surface area contributed by atoms with E-state index >= 15 is 0 Å². The van der Waals surface area contributed by atoms with Gasteiger partial charge in [0.05, 0.1) is 0 Å². The third-order valence-electron chi connectivity index (χ3n) is 2.75. The summed E-state index contributed by atoms with van der Waals surface area (Å²) in [6, 6.07) is 9.14. The predicted molar refractivity (Wildman–Crippen MR) is 75.7 cm³/mol. The molecule has 0 radical (unpaired) electrons. The second-order valence-corrected chi connectivity index (χ2v) is 5.56. The van der Waals surface area contributed by atoms with Crippen molar-refractivity contribution in [2.75, 3.05) is 7.05 Å². The van der Waals surface area contributed by atoms with Crippen LogP contribution in [0.3, 0.4) is 0 Å². The summed E-state index contributed by atoms with van der Waals surface area (Å²) >= 11 is 0. The average Bonchev–Trinajstić information content (AvgIpc) is 2.78. The van der Waals surface area contributed by atoms with E-state index in [4.69, 9.17) is 4.74 Å². The van der Waals surface area contributed by atoms with Crippen molar-refractivity contribution < 1.29 is 14.3 Å². The Kier molecular flexibility index (Phi) is 3.53. The molecular weight excluding hydrogens is 256 g/mol. The highest BCUT2D eigenvalue weighted by molar-refractivity contribution is 6.02. The summed E-state index contributed by atoms with van der Waals surface area (Å²) in [5.74, 6) is -0.398. The van der Waals surface area contributed by atoms with Gasteiger partial charge in [0, 0.05) is 18.8 Å². The highest BCUT2D eigenvalue weighted by Crippen LogP contribution is 2.14. The third kappa shape index (κ3) is 2.82. The summed E-state index contributed by atoms with van der Waals surface area (Å²) < 4.78 is 6.93. The number of imide groups is 1. The zero-order chi connectivity index (χ0) is 14.9. The lowest BCUT2D eigenvalue weighted by Gasteiger charge is -2.23. The Bertz CT molecular complexity index is 652. The van der Waals surface area contributed by atoms with Gasteiger partial charge in [-0.25, -0.2) is 9.69 Å². The van der Waals surface area contributed by atoms with Crippen molar-refractivity contribution in [3.05, 3.63) is 42.2 Å². The molecule has 2 aromatic rings. The van der Waals surface area contributed by atoms with Gasteiger partial charge in [-0.05, 0) is 45.0 Å². The quantitative estimate of drug-likeness (QED) is 0.803. The Morgan fingerprint density at radius 3 is 2.50 bits per heavy atom. The molecule has 5 heteroatoms. The van der Waals surface area contributed by atoms with Gasteiger partial charge in [-0.3, -0.25) is 4.79 Å². The summed E-state index contributed by atoms with van der Waals surface area (Å²) in [6.45, 7) is 5.28. The van der Waals surface area contributed by atoms with Gasteiger partial charge in [-0.15, -0.1) is 0 Å². The summed E-state index contributed by atoms with van der Waals surface area (Å²) in [7, 11) is 1.42. The molecule has 20 heavy (non-hydrogen) atoms. The molecule has 0 aromatic carbocycles. The van der Waals surface area contributed by atoms with Gasteiger partial charge < -0.3 is 9.14 Å². The van der Waals surface area contributed by atoms with Crippen LogP contribution in [0.25, 0.3) is 5.52 Å². The number of ether oxygens (including phenoxy) is 1. The fourth-order valence-corrected chi connectivity index (χ4v) is 1.82. The van der Waals surface area contributed by atoms with Crippen LogP contribution in [0, 0.1) is 0 Å². The number of nitrogens with zero attached hydrogens (tertiary/aromatic N) is 2. The average molecular weight is 274 g/mol. The first-order valence-corrected chi connectivity index (χ1v) is 6.37. The minimum Gasteiger partial charge on any atom is -0.443 e. The van der Waals surface area contributed by atoms with Crippen LogP contribution in [0.1, 0.15) is 31.3 Å². The highest BCUT2D eigenvalue weighted by atomic mass is 16.6. The second kappa shape index (κ2) is 5.00. The molecule has 5 nitrogen and oxygen atoms in total. The molecule has 0 saturated heterocycles. The van der Waals surface area contributed by atoms with Crippen LogP contribution in [0.2, 0.25) is 0 Å². The van der Waals surface area contributed by atoms with E-state index in [2.05, 4.69) is 0 Å². The lowest BCUT2D eigenvalue weighted by molar-refractivity contribution is 0.0283. The van der Waals surface area contributed by atoms with Crippen LogP contribution in [-0.4, -0.2) is 33.9 Å². The SMILES string of the molecule is CN(C(=O)OC(C)(C)C)C(=O)c1ccc2ccccn12. The zero-order valence-corrected chi connectivity index (χ0v) is 12.1. The highest BCUT2D eigenvalue weighted by Gasteiger charge is 2.26. The van der Waals surface area contributed by atoms with Crippen LogP contribution in [0.15, 0.2) is 36.5 Å². The van der Waals surface area contributed by atoms with Gasteiger partial charge in [0.1, 0.15) is 11.3 Å². The topological polar surface area (TPSA) is 51.0 Å². The lowest BCUT2D eigenvalue weighted by Crippen LogP contribution is -2.38. The van der Waals surface area contributed by atoms with Crippen molar-refractivity contribution in [2.24, 2.45) is 0 Å². The van der Waals surface area contributed by atoms with Crippen LogP contribution in [0.5, 0.6) is 0 Å². The van der Waals surface area contributed by atoms with Gasteiger partial charge in [0.2, 0.25) is 0 Å². The molecule has 0 spiro atoms. The molecule has 2 amide bonds. The first-order chi connectivity index (χ1) is 9.29. The van der Waals surface area contributed by atoms with E-state index in [9.17, 15) is 9.59 Å². The molecule has 0 aliphatic carbocycles. The van der Waals surface area contributed by atoms with Gasteiger partial charge in [0.15, 0.2) is 0 Å². The van der Waals surface area contributed by atoms with E-state index in [0.717, 1.165) is 10.4 Å². The fourth-order valence-electron chi connectivity index (χ4n) is 1.82. The number of rotatable bonds is 1. The number of amides is 2. The molecule has 0 aliphatic heterocycles. The van der Waals surface area contributed by atoms with E-state index in [1.54, 1.807) is 37.4 Å². The monoisotopic (exact) mass is 274 g/mol. The Morgan fingerprint density at radius 1 is 1.15 bits per heavy atom. The normalized spacial score (nSPS) is 11.4. The number of pyridine rings is 1. The van der Waals surface area contributed by atoms with Gasteiger partial charge in [-0.1, -0.05) is 6.07 Å². The van der Waals surface area contributed by atoms with Crippen LogP contribution < -0.4 is 0 Å². The molecule has 0 bridgehead atoms. The van der Waals surface area contributed by atoms with Gasteiger partial charge in [-0.2, -0.15) is 0 Å². The Balaban J connectivity index is 2.25. The van der Waals surface area contributed by atoms with E-state index in [0.29, 0.717) is 5.69 Å². The van der Waals surface area contributed by atoms with E-state index in [-0.39, 0.29) is 0 Å². The van der Waals surface area contributed by atoms with Crippen LogP contribution in [-0.2, 0) is 4.74 Å². The van der Waals surface area contributed by atoms with Crippen molar-refractivity contribution in [2.45, 2.75) is 26.4 Å². The largest absolute Gasteiger partial charge is 0.443 e. The Morgan fingerprint density at radius 2 is 1.85 bits per heavy atom. The fraction of sp³-hybridized carbons (Fsp3) is 0.333. The molecule has 2 heterocycles. The molecule has 0 atom stereocenters. The third-order valence-corrected chi connectivity index (χ3v) is 2.75. The van der Waals surface area contributed by atoms with Crippen LogP contribution in [0.4, 0.5) is 4.79 Å². The van der Waals surface area contributed by atoms with Gasteiger partial charge in [0.25, 0.3) is 5.91 Å². The maximum Gasteiger partial charge on any atom is 0.417 e. The number of aromatic nitrogens is 1. The molecule has 0 N–H and O–H groups in total. The molecular formula is C15H18N2O3. The van der Waals surface area contributed by atoms with E-state index in [1.807, 2.05) is 24.3 Å². The second-order valence-electron chi connectivity index (χ2n) is 5.56. The number of carbonyl (C=O) groups excluding carboxylic acids is 2. The van der Waals surface area contributed by atoms with Crippen molar-refractivity contribution >= 4 is 17.5 Å². The number of carbonyl (C=O) groups is 2. The zero-order valence-electron chi connectivity index (χ0n) is 12.1. The minimum absolute atomic E-state index is 0.398. The Labute approximate surface area is 117 Å². The van der Waals surface area contributed by atoms with Crippen molar-refractivity contribution in [1.82, 2.24) is 9.30 Å². The molecule has 0 unspecified atom stereocenters. The van der Waals surface area contributed by atoms with E-state index < -0.39 is 17.6 Å². The maximum atomic E-state index is 12.4. The number of hydrogen-bond donors (Lipinski definition) is 0. The summed E-state index contributed by atoms with van der Waals surface area (Å²) in [5.41, 5.74) is 0.690. The molecule has 2 rings (SSSR count). The smallest absolute Gasteiger partial charge is 0.417 e. The van der Waals surface area contributed by atoms with E-state index in [1.165, 1.54) is 7.05 Å². The standard InChI is InChI=1S/C15H18N2O3/c1-15(2,3)20-14(19)16(4)13(18)12-9-8-11-7-5-6-10-17(11)12/h5-10H,1-4H3. The van der Waals surface area contributed by atoms with Crippen LogP contribution >= 0.6 is 0 Å². The number of hydrogen-bond acceptors (Lipinski definition) is 3. The van der Waals surface area contributed by atoms with Gasteiger partial charge >= 0.3 is 6.09 Å². The molecule has 2 aromatic heterocycles. The van der Waals surface area contributed by atoms with Crippen molar-refractivity contribution in [1.29, 1.82) is 0 Å². The number of fused-ring (bicyclic) bond motifs is 1. The first-order valence-electron chi connectivity index (χ1n) is 6.37. The Hall–Kier alpha value is -2.30. The van der Waals surface area contributed by atoms with Crippen molar-refractivity contribution in [3.8, 4) is 0 Å². The maximum absolute atomic E-state index is 12.4. The first kappa shape index (κ1) is 14.1. The summed E-state index contributed by atoms with van der Waals surface area (Å²) in [5, 5.41) is 0. The molecule has 0 fully saturated rings. The molecule has 0 aliphatic rings. The lowest BCUT2D eigenvalue weighted by atomic mass is 10.2. The summed E-state index contributed by atoms with van der Waals surface area (Å²) in [4.78, 5) is 25.2. The molecule has 0 saturated carbocycles. The predicted octanol–water partition coefficient (Wildman–Crippen LogP) is 2.95.